The minimum atomic E-state index is 0.629. The first-order valence-electron chi connectivity index (χ1n) is 7.00. The Morgan fingerprint density at radius 2 is 1.83 bits per heavy atom. The number of fused-ring (bicyclic) bond motifs is 1. The van der Waals surface area contributed by atoms with Crippen LogP contribution in [0.25, 0.3) is 16.9 Å². The fourth-order valence-corrected chi connectivity index (χ4v) is 2.47. The number of hydrogen-bond donors (Lipinski definition) is 0. The van der Waals surface area contributed by atoms with E-state index in [0.717, 1.165) is 17.0 Å². The summed E-state index contributed by atoms with van der Waals surface area (Å²) in [5.74, 6) is 0.721. The van der Waals surface area contributed by atoms with E-state index in [0.29, 0.717) is 22.8 Å². The average molecular weight is 323 g/mol. The lowest BCUT2D eigenvalue weighted by atomic mass is 10.1. The van der Waals surface area contributed by atoms with Crippen molar-refractivity contribution < 1.29 is 0 Å². The van der Waals surface area contributed by atoms with Crippen molar-refractivity contribution in [1.82, 2.24) is 29.5 Å². The molecule has 0 saturated carbocycles. The van der Waals surface area contributed by atoms with Crippen LogP contribution < -0.4 is 0 Å². The van der Waals surface area contributed by atoms with Crippen LogP contribution in [0.5, 0.6) is 0 Å². The van der Waals surface area contributed by atoms with Crippen molar-refractivity contribution in [3.63, 3.8) is 0 Å². The number of benzene rings is 1. The Balaban J connectivity index is 1.75. The number of nitrogens with zero attached hydrogens (tertiary/aromatic N) is 6. The molecule has 3 aromatic heterocycles. The van der Waals surface area contributed by atoms with Gasteiger partial charge in [-0.2, -0.15) is 5.10 Å². The van der Waals surface area contributed by atoms with Gasteiger partial charge in [0.25, 0.3) is 0 Å². The zero-order chi connectivity index (χ0) is 15.6. The van der Waals surface area contributed by atoms with Crippen molar-refractivity contribution >= 4 is 17.2 Å². The molecule has 0 aliphatic heterocycles. The van der Waals surface area contributed by atoms with Crippen molar-refractivity contribution in [2.75, 3.05) is 0 Å². The third-order valence-electron chi connectivity index (χ3n) is 3.41. The molecule has 0 bridgehead atoms. The Hall–Kier alpha value is -2.86. The summed E-state index contributed by atoms with van der Waals surface area (Å²) in [6.07, 6.45) is 9.01. The van der Waals surface area contributed by atoms with E-state index in [-0.39, 0.29) is 0 Å². The zero-order valence-corrected chi connectivity index (χ0v) is 12.7. The number of hydrogen-bond acceptors (Lipinski definition) is 5. The zero-order valence-electron chi connectivity index (χ0n) is 12.0. The molecule has 0 radical (unpaired) electrons. The van der Waals surface area contributed by atoms with Gasteiger partial charge < -0.3 is 0 Å². The summed E-state index contributed by atoms with van der Waals surface area (Å²) in [5.41, 5.74) is 3.31. The van der Waals surface area contributed by atoms with Gasteiger partial charge in [0.2, 0.25) is 0 Å². The monoisotopic (exact) mass is 322 g/mol. The second-order valence-electron chi connectivity index (χ2n) is 5.00. The van der Waals surface area contributed by atoms with Crippen LogP contribution in [0, 0.1) is 0 Å². The van der Waals surface area contributed by atoms with Crippen LogP contribution in [0.3, 0.4) is 0 Å². The molecule has 23 heavy (non-hydrogen) atoms. The maximum absolute atomic E-state index is 5.91. The average Bonchev–Trinajstić information content (AvgIpc) is 3.00. The largest absolute Gasteiger partial charge is 0.251 e. The van der Waals surface area contributed by atoms with Crippen LogP contribution >= 0.6 is 11.6 Å². The van der Waals surface area contributed by atoms with Gasteiger partial charge in [0, 0.05) is 41.8 Å². The molecule has 0 aliphatic rings. The SMILES string of the molecule is Clc1ccc(Cc2nc3c(-c4cncnc4)nccn3n2)cc1. The smallest absolute Gasteiger partial charge is 0.182 e. The van der Waals surface area contributed by atoms with E-state index >= 15 is 0 Å². The van der Waals surface area contributed by atoms with E-state index < -0.39 is 0 Å². The van der Waals surface area contributed by atoms with Gasteiger partial charge in [0.1, 0.15) is 12.0 Å². The highest BCUT2D eigenvalue weighted by Gasteiger charge is 2.11. The Morgan fingerprint density at radius 1 is 1.04 bits per heavy atom. The van der Waals surface area contributed by atoms with Gasteiger partial charge in [-0.15, -0.1) is 0 Å². The fourth-order valence-electron chi connectivity index (χ4n) is 2.35. The van der Waals surface area contributed by atoms with Crippen molar-refractivity contribution in [3.05, 3.63) is 71.8 Å². The number of rotatable bonds is 3. The maximum atomic E-state index is 5.91. The summed E-state index contributed by atoms with van der Waals surface area (Å²) in [7, 11) is 0. The highest BCUT2D eigenvalue weighted by molar-refractivity contribution is 6.30. The molecule has 1 aromatic carbocycles. The molecular weight excluding hydrogens is 312 g/mol. The Bertz CT molecular complexity index is 949. The van der Waals surface area contributed by atoms with E-state index in [9.17, 15) is 0 Å². The van der Waals surface area contributed by atoms with Gasteiger partial charge in [-0.1, -0.05) is 23.7 Å². The van der Waals surface area contributed by atoms with Crippen LogP contribution in [0.15, 0.2) is 55.4 Å². The second kappa shape index (κ2) is 5.73. The maximum Gasteiger partial charge on any atom is 0.182 e. The van der Waals surface area contributed by atoms with Gasteiger partial charge in [0.05, 0.1) is 0 Å². The van der Waals surface area contributed by atoms with Crippen LogP contribution in [0.1, 0.15) is 11.4 Å². The molecule has 0 N–H and O–H groups in total. The molecule has 0 aliphatic carbocycles. The topological polar surface area (TPSA) is 68.9 Å². The number of halogens is 1. The first kappa shape index (κ1) is 13.8. The minimum Gasteiger partial charge on any atom is -0.251 e. The van der Waals surface area contributed by atoms with Gasteiger partial charge in [0.15, 0.2) is 11.5 Å². The lowest BCUT2D eigenvalue weighted by Gasteiger charge is -1.99. The molecule has 0 spiro atoms. The van der Waals surface area contributed by atoms with E-state index in [4.69, 9.17) is 11.6 Å². The van der Waals surface area contributed by atoms with Crippen LogP contribution in [0.4, 0.5) is 0 Å². The number of aromatic nitrogens is 6. The Labute approximate surface area is 136 Å². The molecule has 0 unspecified atom stereocenters. The van der Waals surface area contributed by atoms with E-state index in [2.05, 4.69) is 25.0 Å². The molecule has 0 saturated heterocycles. The highest BCUT2D eigenvalue weighted by Crippen LogP contribution is 2.20. The molecule has 0 atom stereocenters. The summed E-state index contributed by atoms with van der Waals surface area (Å²) < 4.78 is 1.72. The minimum absolute atomic E-state index is 0.629. The summed E-state index contributed by atoms with van der Waals surface area (Å²) in [5, 5.41) is 5.22. The van der Waals surface area contributed by atoms with Gasteiger partial charge in [-0.25, -0.2) is 19.5 Å². The fraction of sp³-hybridized carbons (Fsp3) is 0.0625. The standard InChI is InChI=1S/C16H11ClN6/c17-13-3-1-11(2-4-13)7-14-21-16-15(12-8-18-10-19-9-12)20-5-6-23(16)22-14/h1-6,8-10H,7H2. The van der Waals surface area contributed by atoms with Crippen molar-refractivity contribution in [2.24, 2.45) is 0 Å². The molecule has 3 heterocycles. The summed E-state index contributed by atoms with van der Waals surface area (Å²) in [6, 6.07) is 7.67. The molecule has 0 fully saturated rings. The predicted molar refractivity (Wildman–Crippen MR) is 86.1 cm³/mol. The Morgan fingerprint density at radius 3 is 2.61 bits per heavy atom. The third kappa shape index (κ3) is 2.76. The lowest BCUT2D eigenvalue weighted by molar-refractivity contribution is 0.894. The first-order valence-corrected chi connectivity index (χ1v) is 7.37. The normalized spacial score (nSPS) is 11.0. The van der Waals surface area contributed by atoms with Gasteiger partial charge >= 0.3 is 0 Å². The van der Waals surface area contributed by atoms with E-state index in [1.54, 1.807) is 29.3 Å². The molecule has 4 aromatic rings. The van der Waals surface area contributed by atoms with Crippen LogP contribution in [-0.2, 0) is 6.42 Å². The Kier molecular flexibility index (Phi) is 3.44. The summed E-state index contributed by atoms with van der Waals surface area (Å²) in [4.78, 5) is 17.1. The van der Waals surface area contributed by atoms with E-state index in [1.165, 1.54) is 6.33 Å². The van der Waals surface area contributed by atoms with Crippen LogP contribution in [0.2, 0.25) is 5.02 Å². The molecule has 112 valence electrons. The first-order chi connectivity index (χ1) is 11.3. The van der Waals surface area contributed by atoms with Crippen molar-refractivity contribution in [2.45, 2.75) is 6.42 Å². The van der Waals surface area contributed by atoms with Crippen molar-refractivity contribution in [3.8, 4) is 11.3 Å². The van der Waals surface area contributed by atoms with E-state index in [1.807, 2.05) is 24.3 Å². The lowest BCUT2D eigenvalue weighted by Crippen LogP contribution is -1.94. The molecule has 4 rings (SSSR count). The van der Waals surface area contributed by atoms with Crippen molar-refractivity contribution in [1.29, 1.82) is 0 Å². The predicted octanol–water partition coefficient (Wildman–Crippen LogP) is 2.83. The molecule has 6 nitrogen and oxygen atoms in total. The highest BCUT2D eigenvalue weighted by atomic mass is 35.5. The third-order valence-corrected chi connectivity index (χ3v) is 3.66. The van der Waals surface area contributed by atoms with Gasteiger partial charge in [-0.3, -0.25) is 4.98 Å². The summed E-state index contributed by atoms with van der Waals surface area (Å²) in [6.45, 7) is 0. The van der Waals surface area contributed by atoms with Gasteiger partial charge in [-0.05, 0) is 17.7 Å². The summed E-state index contributed by atoms with van der Waals surface area (Å²) >= 11 is 5.91. The van der Waals surface area contributed by atoms with Crippen LogP contribution in [-0.4, -0.2) is 29.5 Å². The quantitative estimate of drug-likeness (QED) is 0.580. The molecular formula is C16H11ClN6. The molecule has 0 amide bonds. The second-order valence-corrected chi connectivity index (χ2v) is 5.44. The molecule has 7 heteroatoms.